The molecule has 3 rings (SSSR count). The minimum absolute atomic E-state index is 0.0745. The standard InChI is InChI=1S/C16H11ClFNO4/c1-22-15(20)9-5-6-13-14(7-9)23-16(21)19(13)8-10-11(17)3-2-4-12(10)18/h2-7H,8H2,1H3. The molecule has 0 fully saturated rings. The highest BCUT2D eigenvalue weighted by atomic mass is 35.5. The quantitative estimate of drug-likeness (QED) is 0.689. The molecular weight excluding hydrogens is 325 g/mol. The van der Waals surface area contributed by atoms with Crippen LogP contribution in [0.25, 0.3) is 11.1 Å². The van der Waals surface area contributed by atoms with Crippen LogP contribution in [0.2, 0.25) is 5.02 Å². The van der Waals surface area contributed by atoms with Crippen molar-refractivity contribution >= 4 is 28.7 Å². The molecule has 7 heteroatoms. The summed E-state index contributed by atoms with van der Waals surface area (Å²) in [6.45, 7) is -0.0745. The van der Waals surface area contributed by atoms with Crippen molar-refractivity contribution in [2.24, 2.45) is 0 Å². The Hall–Kier alpha value is -2.60. The number of nitrogens with zero attached hydrogens (tertiary/aromatic N) is 1. The van der Waals surface area contributed by atoms with Crippen LogP contribution in [0, 0.1) is 5.82 Å². The Labute approximate surface area is 134 Å². The molecule has 0 aliphatic carbocycles. The number of fused-ring (bicyclic) bond motifs is 1. The highest BCUT2D eigenvalue weighted by Crippen LogP contribution is 2.22. The first-order valence-electron chi connectivity index (χ1n) is 6.66. The van der Waals surface area contributed by atoms with E-state index in [1.165, 1.54) is 35.9 Å². The van der Waals surface area contributed by atoms with Crippen LogP contribution in [-0.2, 0) is 11.3 Å². The molecule has 0 spiro atoms. The smallest absolute Gasteiger partial charge is 0.420 e. The maximum absolute atomic E-state index is 13.9. The van der Waals surface area contributed by atoms with E-state index in [0.717, 1.165) is 0 Å². The zero-order valence-corrected chi connectivity index (χ0v) is 12.8. The molecule has 0 N–H and O–H groups in total. The summed E-state index contributed by atoms with van der Waals surface area (Å²) >= 11 is 5.99. The fraction of sp³-hybridized carbons (Fsp3) is 0.125. The molecule has 0 aliphatic rings. The molecule has 0 amide bonds. The Kier molecular flexibility index (Phi) is 3.92. The molecule has 1 aromatic heterocycles. The van der Waals surface area contributed by atoms with Crippen molar-refractivity contribution in [1.82, 2.24) is 4.57 Å². The number of hydrogen-bond acceptors (Lipinski definition) is 4. The number of carbonyl (C=O) groups excluding carboxylic acids is 1. The van der Waals surface area contributed by atoms with Gasteiger partial charge in [-0.2, -0.15) is 0 Å². The van der Waals surface area contributed by atoms with Gasteiger partial charge in [-0.1, -0.05) is 17.7 Å². The SMILES string of the molecule is COC(=O)c1ccc2c(c1)oc(=O)n2Cc1c(F)cccc1Cl. The predicted molar refractivity (Wildman–Crippen MR) is 82.3 cm³/mol. The van der Waals surface area contributed by atoms with Gasteiger partial charge in [-0.15, -0.1) is 0 Å². The maximum atomic E-state index is 13.9. The van der Waals surface area contributed by atoms with E-state index >= 15 is 0 Å². The zero-order chi connectivity index (χ0) is 16.6. The monoisotopic (exact) mass is 335 g/mol. The number of esters is 1. The summed E-state index contributed by atoms with van der Waals surface area (Å²) in [4.78, 5) is 23.5. The molecule has 0 bridgehead atoms. The third-order valence-corrected chi connectivity index (χ3v) is 3.82. The van der Waals surface area contributed by atoms with Gasteiger partial charge in [0.1, 0.15) is 5.82 Å². The number of carbonyl (C=O) groups is 1. The molecule has 5 nitrogen and oxygen atoms in total. The van der Waals surface area contributed by atoms with Crippen LogP contribution in [0.4, 0.5) is 4.39 Å². The number of methoxy groups -OCH3 is 1. The van der Waals surface area contributed by atoms with Gasteiger partial charge in [0.25, 0.3) is 0 Å². The van der Waals surface area contributed by atoms with Crippen LogP contribution in [0.5, 0.6) is 0 Å². The molecule has 0 aliphatic heterocycles. The summed E-state index contributed by atoms with van der Waals surface area (Å²) < 4.78 is 24.9. The number of oxazole rings is 1. The average molecular weight is 336 g/mol. The minimum Gasteiger partial charge on any atom is -0.465 e. The first-order valence-corrected chi connectivity index (χ1v) is 7.03. The predicted octanol–water partition coefficient (Wildman–Crippen LogP) is 3.22. The Morgan fingerprint density at radius 2 is 2.13 bits per heavy atom. The van der Waals surface area contributed by atoms with Crippen molar-refractivity contribution in [3.8, 4) is 0 Å². The summed E-state index contributed by atoms with van der Waals surface area (Å²) in [5.41, 5.74) is 1.09. The van der Waals surface area contributed by atoms with Gasteiger partial charge >= 0.3 is 11.7 Å². The second-order valence-electron chi connectivity index (χ2n) is 4.83. The molecule has 23 heavy (non-hydrogen) atoms. The Balaban J connectivity index is 2.10. The third-order valence-electron chi connectivity index (χ3n) is 3.47. The highest BCUT2D eigenvalue weighted by molar-refractivity contribution is 6.31. The van der Waals surface area contributed by atoms with Crippen LogP contribution >= 0.6 is 11.6 Å². The van der Waals surface area contributed by atoms with Gasteiger partial charge in [0, 0.05) is 10.6 Å². The lowest BCUT2D eigenvalue weighted by Crippen LogP contribution is -2.16. The topological polar surface area (TPSA) is 61.4 Å². The fourth-order valence-electron chi connectivity index (χ4n) is 2.30. The van der Waals surface area contributed by atoms with Gasteiger partial charge in [0.15, 0.2) is 5.58 Å². The third kappa shape index (κ3) is 2.73. The van der Waals surface area contributed by atoms with Gasteiger partial charge in [-0.3, -0.25) is 4.57 Å². The van der Waals surface area contributed by atoms with E-state index in [-0.39, 0.29) is 28.3 Å². The van der Waals surface area contributed by atoms with Crippen molar-refractivity contribution in [2.45, 2.75) is 6.54 Å². The molecule has 0 atom stereocenters. The lowest BCUT2D eigenvalue weighted by molar-refractivity contribution is 0.0601. The number of ether oxygens (including phenoxy) is 1. The van der Waals surface area contributed by atoms with E-state index in [0.29, 0.717) is 5.52 Å². The van der Waals surface area contributed by atoms with Crippen molar-refractivity contribution in [2.75, 3.05) is 7.11 Å². The van der Waals surface area contributed by atoms with E-state index < -0.39 is 17.5 Å². The first kappa shape index (κ1) is 15.3. The average Bonchev–Trinajstić information content (AvgIpc) is 2.84. The van der Waals surface area contributed by atoms with Crippen LogP contribution < -0.4 is 5.76 Å². The number of rotatable bonds is 3. The Morgan fingerprint density at radius 3 is 2.83 bits per heavy atom. The normalized spacial score (nSPS) is 10.9. The van der Waals surface area contributed by atoms with Gasteiger partial charge in [-0.05, 0) is 30.3 Å². The lowest BCUT2D eigenvalue weighted by atomic mass is 10.2. The first-order chi connectivity index (χ1) is 11.0. The van der Waals surface area contributed by atoms with E-state index in [2.05, 4.69) is 4.74 Å². The van der Waals surface area contributed by atoms with Crippen molar-refractivity contribution < 1.29 is 18.3 Å². The van der Waals surface area contributed by atoms with Gasteiger partial charge in [0.05, 0.1) is 24.7 Å². The fourth-order valence-corrected chi connectivity index (χ4v) is 2.53. The molecule has 0 unspecified atom stereocenters. The molecule has 3 aromatic rings. The number of halogens is 2. The Bertz CT molecular complexity index is 940. The molecule has 118 valence electrons. The summed E-state index contributed by atoms with van der Waals surface area (Å²) in [5.74, 6) is -1.72. The van der Waals surface area contributed by atoms with Crippen molar-refractivity contribution in [3.05, 3.63) is 68.9 Å². The van der Waals surface area contributed by atoms with Crippen LogP contribution in [0.15, 0.2) is 45.6 Å². The molecular formula is C16H11ClFNO4. The van der Waals surface area contributed by atoms with Gasteiger partial charge < -0.3 is 9.15 Å². The summed E-state index contributed by atoms with van der Waals surface area (Å²) in [7, 11) is 1.26. The Morgan fingerprint density at radius 1 is 1.35 bits per heavy atom. The van der Waals surface area contributed by atoms with Crippen molar-refractivity contribution in [1.29, 1.82) is 0 Å². The number of benzene rings is 2. The van der Waals surface area contributed by atoms with E-state index in [4.69, 9.17) is 16.0 Å². The van der Waals surface area contributed by atoms with Crippen LogP contribution in [-0.4, -0.2) is 17.6 Å². The van der Waals surface area contributed by atoms with Crippen LogP contribution in [0.3, 0.4) is 0 Å². The molecule has 0 saturated carbocycles. The van der Waals surface area contributed by atoms with Gasteiger partial charge in [-0.25, -0.2) is 14.0 Å². The van der Waals surface area contributed by atoms with Gasteiger partial charge in [0.2, 0.25) is 0 Å². The summed E-state index contributed by atoms with van der Waals surface area (Å²) in [6.07, 6.45) is 0. The second-order valence-corrected chi connectivity index (χ2v) is 5.24. The van der Waals surface area contributed by atoms with E-state index in [9.17, 15) is 14.0 Å². The maximum Gasteiger partial charge on any atom is 0.420 e. The number of aromatic nitrogens is 1. The summed E-state index contributed by atoms with van der Waals surface area (Å²) in [6, 6.07) is 8.75. The minimum atomic E-state index is -0.665. The lowest BCUT2D eigenvalue weighted by Gasteiger charge is -2.06. The summed E-state index contributed by atoms with van der Waals surface area (Å²) in [5, 5.41) is 0.220. The highest BCUT2D eigenvalue weighted by Gasteiger charge is 2.16. The molecule has 1 heterocycles. The van der Waals surface area contributed by atoms with Crippen molar-refractivity contribution in [3.63, 3.8) is 0 Å². The molecule has 0 radical (unpaired) electrons. The largest absolute Gasteiger partial charge is 0.465 e. The zero-order valence-electron chi connectivity index (χ0n) is 12.0. The molecule has 0 saturated heterocycles. The van der Waals surface area contributed by atoms with E-state index in [1.807, 2.05) is 0 Å². The second kappa shape index (κ2) is 5.89. The number of hydrogen-bond donors (Lipinski definition) is 0. The molecule has 2 aromatic carbocycles. The van der Waals surface area contributed by atoms with Crippen LogP contribution in [0.1, 0.15) is 15.9 Å². The van der Waals surface area contributed by atoms with E-state index in [1.54, 1.807) is 12.1 Å².